The van der Waals surface area contributed by atoms with E-state index in [-0.39, 0.29) is 20.8 Å². The second kappa shape index (κ2) is 4.88. The van der Waals surface area contributed by atoms with E-state index in [1.54, 1.807) is 12.1 Å². The van der Waals surface area contributed by atoms with Gasteiger partial charge in [0.25, 0.3) is 0 Å². The van der Waals surface area contributed by atoms with Crippen LogP contribution >= 0.6 is 0 Å². The number of nitrogens with one attached hydrogen (secondary N) is 1. The maximum atomic E-state index is 12.8. The summed E-state index contributed by atoms with van der Waals surface area (Å²) in [4.78, 5) is 0. The fourth-order valence-electron chi connectivity index (χ4n) is 1.75. The van der Waals surface area contributed by atoms with Crippen molar-refractivity contribution in [3.63, 3.8) is 0 Å². The van der Waals surface area contributed by atoms with Crippen LogP contribution in [0.2, 0.25) is 0 Å². The minimum absolute atomic E-state index is 0.0179. The molecule has 0 saturated carbocycles. The fraction of sp³-hybridized carbons (Fsp3) is 0.0769. The zero-order chi connectivity index (χ0) is 12.4. The third-order valence-corrected chi connectivity index (χ3v) is 3.82. The van der Waals surface area contributed by atoms with E-state index < -0.39 is 0 Å². The van der Waals surface area contributed by atoms with Gasteiger partial charge in [-0.2, -0.15) is 0 Å². The van der Waals surface area contributed by atoms with E-state index in [4.69, 9.17) is 0 Å². The SMILES string of the molecule is Fc1ccc(CNc2cccc3n[se]nc23)cc1. The van der Waals surface area contributed by atoms with Gasteiger partial charge in [0.1, 0.15) is 0 Å². The molecule has 18 heavy (non-hydrogen) atoms. The Morgan fingerprint density at radius 3 is 2.72 bits per heavy atom. The van der Waals surface area contributed by atoms with E-state index in [1.807, 2.05) is 18.2 Å². The molecule has 3 rings (SSSR count). The third kappa shape index (κ3) is 2.28. The molecular weight excluding hydrogens is 296 g/mol. The average Bonchev–Trinajstić information content (AvgIpc) is 2.87. The van der Waals surface area contributed by atoms with E-state index >= 15 is 0 Å². The first-order chi connectivity index (χ1) is 8.83. The van der Waals surface area contributed by atoms with Crippen LogP contribution in [0.25, 0.3) is 11.0 Å². The Bertz CT molecular complexity index is 663. The van der Waals surface area contributed by atoms with Crippen molar-refractivity contribution in [1.29, 1.82) is 0 Å². The van der Waals surface area contributed by atoms with Crippen molar-refractivity contribution in [3.8, 4) is 0 Å². The standard InChI is InChI=1S/C13H10FN3Se/c14-10-6-4-9(5-7-10)8-15-11-2-1-3-12-13(11)17-18-16-12/h1-7,15H,8H2. The summed E-state index contributed by atoms with van der Waals surface area (Å²) in [6.07, 6.45) is 0. The molecule has 0 aliphatic carbocycles. The Morgan fingerprint density at radius 2 is 1.89 bits per heavy atom. The number of rotatable bonds is 3. The molecule has 3 nitrogen and oxygen atoms in total. The Hall–Kier alpha value is -1.71. The van der Waals surface area contributed by atoms with E-state index in [0.717, 1.165) is 22.3 Å². The summed E-state index contributed by atoms with van der Waals surface area (Å²) in [5.41, 5.74) is 3.92. The first kappa shape index (κ1) is 11.4. The van der Waals surface area contributed by atoms with Gasteiger partial charge in [-0.3, -0.25) is 0 Å². The summed E-state index contributed by atoms with van der Waals surface area (Å²) in [5, 5.41) is 3.31. The number of fused-ring (bicyclic) bond motifs is 1. The van der Waals surface area contributed by atoms with E-state index in [0.29, 0.717) is 6.54 Å². The summed E-state index contributed by atoms with van der Waals surface area (Å²) >= 11 is -0.0179. The summed E-state index contributed by atoms with van der Waals surface area (Å²) < 4.78 is 21.5. The predicted octanol–water partition coefficient (Wildman–Crippen LogP) is 2.44. The number of nitrogens with zero attached hydrogens (tertiary/aromatic N) is 2. The van der Waals surface area contributed by atoms with Gasteiger partial charge in [-0.15, -0.1) is 0 Å². The van der Waals surface area contributed by atoms with Gasteiger partial charge < -0.3 is 0 Å². The van der Waals surface area contributed by atoms with E-state index in [2.05, 4.69) is 13.3 Å². The summed E-state index contributed by atoms with van der Waals surface area (Å²) in [5.74, 6) is -0.212. The second-order valence-electron chi connectivity index (χ2n) is 3.92. The summed E-state index contributed by atoms with van der Waals surface area (Å²) in [6.45, 7) is 0.652. The third-order valence-electron chi connectivity index (χ3n) is 2.68. The van der Waals surface area contributed by atoms with Crippen molar-refractivity contribution in [3.05, 3.63) is 53.8 Å². The molecule has 0 radical (unpaired) electrons. The van der Waals surface area contributed by atoms with Gasteiger partial charge in [0.2, 0.25) is 0 Å². The molecule has 90 valence electrons. The Balaban J connectivity index is 1.80. The normalized spacial score (nSPS) is 10.7. The van der Waals surface area contributed by atoms with Crippen LogP contribution in [0.15, 0.2) is 42.5 Å². The zero-order valence-corrected chi connectivity index (χ0v) is 11.1. The number of hydrogen-bond donors (Lipinski definition) is 1. The molecule has 1 N–H and O–H groups in total. The number of anilines is 1. The van der Waals surface area contributed by atoms with E-state index in [9.17, 15) is 4.39 Å². The molecule has 0 saturated heterocycles. The predicted molar refractivity (Wildman–Crippen MR) is 70.2 cm³/mol. The molecule has 0 fully saturated rings. The topological polar surface area (TPSA) is 37.8 Å². The van der Waals surface area contributed by atoms with Crippen LogP contribution in [0, 0.1) is 5.82 Å². The molecule has 0 aliphatic rings. The Morgan fingerprint density at radius 1 is 1.06 bits per heavy atom. The molecule has 0 unspecified atom stereocenters. The first-order valence-electron chi connectivity index (χ1n) is 5.52. The van der Waals surface area contributed by atoms with Gasteiger partial charge in [-0.25, -0.2) is 0 Å². The molecule has 3 aromatic rings. The van der Waals surface area contributed by atoms with Crippen LogP contribution in [-0.4, -0.2) is 22.9 Å². The summed E-state index contributed by atoms with van der Waals surface area (Å²) in [7, 11) is 0. The molecular formula is C13H10FN3Se. The zero-order valence-electron chi connectivity index (χ0n) is 9.43. The average molecular weight is 306 g/mol. The second-order valence-corrected chi connectivity index (χ2v) is 5.03. The number of aromatic nitrogens is 2. The maximum absolute atomic E-state index is 12.8. The van der Waals surface area contributed by atoms with Crippen LogP contribution in [-0.2, 0) is 6.54 Å². The Kier molecular flexibility index (Phi) is 3.09. The molecule has 1 aromatic heterocycles. The van der Waals surface area contributed by atoms with Crippen LogP contribution in [0.4, 0.5) is 10.1 Å². The van der Waals surface area contributed by atoms with Gasteiger partial charge >= 0.3 is 110 Å². The van der Waals surface area contributed by atoms with Crippen LogP contribution < -0.4 is 5.32 Å². The Labute approximate surface area is 110 Å². The van der Waals surface area contributed by atoms with Gasteiger partial charge in [-0.05, 0) is 0 Å². The van der Waals surface area contributed by atoms with Gasteiger partial charge in [0.15, 0.2) is 0 Å². The first-order valence-corrected chi connectivity index (χ1v) is 7.06. The van der Waals surface area contributed by atoms with Crippen molar-refractivity contribution in [2.24, 2.45) is 0 Å². The number of benzene rings is 2. The molecule has 1 heterocycles. The minimum atomic E-state index is -0.212. The van der Waals surface area contributed by atoms with Crippen molar-refractivity contribution in [2.45, 2.75) is 6.54 Å². The molecule has 2 aromatic carbocycles. The molecule has 0 amide bonds. The van der Waals surface area contributed by atoms with Gasteiger partial charge in [0.05, 0.1) is 0 Å². The van der Waals surface area contributed by atoms with E-state index in [1.165, 1.54) is 12.1 Å². The van der Waals surface area contributed by atoms with Gasteiger partial charge in [0, 0.05) is 0 Å². The van der Waals surface area contributed by atoms with Gasteiger partial charge in [-0.1, -0.05) is 0 Å². The molecule has 0 spiro atoms. The van der Waals surface area contributed by atoms with Crippen molar-refractivity contribution < 1.29 is 4.39 Å². The fourth-order valence-corrected chi connectivity index (χ4v) is 2.90. The molecule has 0 atom stereocenters. The van der Waals surface area contributed by atoms with Crippen molar-refractivity contribution in [1.82, 2.24) is 7.96 Å². The monoisotopic (exact) mass is 307 g/mol. The molecule has 5 heteroatoms. The number of hydrogen-bond acceptors (Lipinski definition) is 3. The van der Waals surface area contributed by atoms with Crippen LogP contribution in [0.3, 0.4) is 0 Å². The molecule has 0 aliphatic heterocycles. The summed E-state index contributed by atoms with van der Waals surface area (Å²) in [6, 6.07) is 12.4. The van der Waals surface area contributed by atoms with Crippen LogP contribution in [0.5, 0.6) is 0 Å². The van der Waals surface area contributed by atoms with Crippen molar-refractivity contribution >= 4 is 31.7 Å². The van der Waals surface area contributed by atoms with Crippen molar-refractivity contribution in [2.75, 3.05) is 5.32 Å². The quantitative estimate of drug-likeness (QED) is 0.755. The van der Waals surface area contributed by atoms with Crippen LogP contribution in [0.1, 0.15) is 5.56 Å². The number of halogens is 1. The molecule has 0 bridgehead atoms.